The fourth-order valence-electron chi connectivity index (χ4n) is 1.97. The molecule has 2 aromatic rings. The molecule has 0 radical (unpaired) electrons. The van der Waals surface area contributed by atoms with Crippen LogP contribution < -0.4 is 16.1 Å². The van der Waals surface area contributed by atoms with Gasteiger partial charge in [0.2, 0.25) is 11.1 Å². The summed E-state index contributed by atoms with van der Waals surface area (Å²) in [5.41, 5.74) is 1.85. The van der Waals surface area contributed by atoms with Crippen LogP contribution in [0.25, 0.3) is 0 Å². The molecule has 0 saturated heterocycles. The van der Waals surface area contributed by atoms with Crippen molar-refractivity contribution in [2.24, 2.45) is 0 Å². The Balaban J connectivity index is 1.87. The number of amides is 1. The quantitative estimate of drug-likeness (QED) is 0.592. The van der Waals surface area contributed by atoms with E-state index >= 15 is 0 Å². The summed E-state index contributed by atoms with van der Waals surface area (Å²) >= 11 is 1.27. The zero-order chi connectivity index (χ0) is 16.8. The van der Waals surface area contributed by atoms with Crippen LogP contribution >= 0.6 is 11.8 Å². The van der Waals surface area contributed by atoms with Crippen molar-refractivity contribution in [2.75, 3.05) is 35.9 Å². The molecule has 0 fully saturated rings. The molecule has 2 rings (SSSR count). The number of nitrogen functional groups attached to an aromatic ring is 1. The van der Waals surface area contributed by atoms with Gasteiger partial charge >= 0.3 is 0 Å². The normalized spacial score (nSPS) is 10.6. The van der Waals surface area contributed by atoms with Crippen LogP contribution in [0.15, 0.2) is 29.4 Å². The number of anilines is 2. The molecule has 1 aromatic carbocycles. The fourth-order valence-corrected chi connectivity index (χ4v) is 2.65. The minimum Gasteiger partial charge on any atom is -0.378 e. The van der Waals surface area contributed by atoms with Crippen molar-refractivity contribution in [2.45, 2.75) is 24.9 Å². The summed E-state index contributed by atoms with van der Waals surface area (Å²) in [5.74, 6) is 6.77. The molecule has 3 N–H and O–H groups in total. The van der Waals surface area contributed by atoms with Gasteiger partial charge in [-0.3, -0.25) is 4.79 Å². The van der Waals surface area contributed by atoms with Gasteiger partial charge < -0.3 is 16.1 Å². The molecule has 0 bridgehead atoms. The second-order valence-corrected chi connectivity index (χ2v) is 6.24. The lowest BCUT2D eigenvalue weighted by atomic mass is 10.2. The summed E-state index contributed by atoms with van der Waals surface area (Å²) in [6, 6.07) is 7.66. The smallest absolute Gasteiger partial charge is 0.234 e. The van der Waals surface area contributed by atoms with E-state index in [1.807, 2.05) is 43.3 Å². The molecule has 7 nitrogen and oxygen atoms in total. The summed E-state index contributed by atoms with van der Waals surface area (Å²) < 4.78 is 1.45. The third-order valence-corrected chi connectivity index (χ3v) is 4.15. The molecule has 23 heavy (non-hydrogen) atoms. The Hall–Kier alpha value is -2.22. The monoisotopic (exact) mass is 334 g/mol. The highest BCUT2D eigenvalue weighted by molar-refractivity contribution is 7.99. The van der Waals surface area contributed by atoms with Crippen molar-refractivity contribution in [3.8, 4) is 0 Å². The summed E-state index contributed by atoms with van der Waals surface area (Å²) in [5, 5.41) is 11.4. The van der Waals surface area contributed by atoms with Crippen LogP contribution in [-0.2, 0) is 11.2 Å². The average molecular weight is 334 g/mol. The van der Waals surface area contributed by atoms with E-state index in [4.69, 9.17) is 5.84 Å². The minimum atomic E-state index is -0.104. The summed E-state index contributed by atoms with van der Waals surface area (Å²) in [4.78, 5) is 14.0. The Bertz CT molecular complexity index is 652. The van der Waals surface area contributed by atoms with Crippen LogP contribution in [0.3, 0.4) is 0 Å². The maximum atomic E-state index is 12.0. The number of nitrogens with two attached hydrogens (primary N) is 1. The summed E-state index contributed by atoms with van der Waals surface area (Å²) in [7, 11) is 3.94. The van der Waals surface area contributed by atoms with Crippen LogP contribution in [0.2, 0.25) is 0 Å². The van der Waals surface area contributed by atoms with Gasteiger partial charge in [0.05, 0.1) is 5.75 Å². The van der Waals surface area contributed by atoms with Crippen LogP contribution in [0, 0.1) is 0 Å². The summed E-state index contributed by atoms with van der Waals surface area (Å²) in [6.07, 6.45) is 1.72. The standard InChI is InChI=1S/C15H22N6OS/c1-4-5-13-18-19-15(21(13)16)23-10-14(22)17-11-6-8-12(9-7-11)20(2)3/h6-9H,4-5,10,16H2,1-3H3,(H,17,22). The van der Waals surface area contributed by atoms with E-state index in [0.717, 1.165) is 30.0 Å². The lowest BCUT2D eigenvalue weighted by Crippen LogP contribution is -2.17. The predicted octanol–water partition coefficient (Wildman–Crippen LogP) is 1.74. The Morgan fingerprint density at radius 3 is 2.61 bits per heavy atom. The first-order valence-corrected chi connectivity index (χ1v) is 8.39. The maximum absolute atomic E-state index is 12.0. The number of hydrogen-bond donors (Lipinski definition) is 2. The Morgan fingerprint density at radius 2 is 2.00 bits per heavy atom. The van der Waals surface area contributed by atoms with Gasteiger partial charge in [0, 0.05) is 31.9 Å². The molecule has 8 heteroatoms. The molecule has 0 aliphatic rings. The number of rotatable bonds is 7. The molecule has 0 atom stereocenters. The lowest BCUT2D eigenvalue weighted by molar-refractivity contribution is -0.113. The van der Waals surface area contributed by atoms with E-state index in [-0.39, 0.29) is 11.7 Å². The van der Waals surface area contributed by atoms with Crippen molar-refractivity contribution in [3.63, 3.8) is 0 Å². The largest absolute Gasteiger partial charge is 0.378 e. The first-order valence-electron chi connectivity index (χ1n) is 7.40. The van der Waals surface area contributed by atoms with Crippen molar-refractivity contribution in [1.82, 2.24) is 14.9 Å². The molecular weight excluding hydrogens is 312 g/mol. The number of thioether (sulfide) groups is 1. The van der Waals surface area contributed by atoms with E-state index in [0.29, 0.717) is 5.16 Å². The van der Waals surface area contributed by atoms with Crippen LogP contribution in [0.4, 0.5) is 11.4 Å². The SMILES string of the molecule is CCCc1nnc(SCC(=O)Nc2ccc(N(C)C)cc2)n1N. The fraction of sp³-hybridized carbons (Fsp3) is 0.400. The molecule has 0 spiro atoms. The third kappa shape index (κ3) is 4.62. The zero-order valence-electron chi connectivity index (χ0n) is 13.6. The highest BCUT2D eigenvalue weighted by Crippen LogP contribution is 2.18. The van der Waals surface area contributed by atoms with E-state index in [1.165, 1.54) is 16.4 Å². The molecule has 0 aliphatic heterocycles. The molecule has 0 saturated carbocycles. The number of aromatic nitrogens is 3. The Morgan fingerprint density at radius 1 is 1.30 bits per heavy atom. The Labute approximate surface area is 140 Å². The second kappa shape index (κ2) is 7.87. The van der Waals surface area contributed by atoms with Gasteiger partial charge in [-0.05, 0) is 30.7 Å². The van der Waals surface area contributed by atoms with Gasteiger partial charge in [-0.15, -0.1) is 10.2 Å². The first-order chi connectivity index (χ1) is 11.0. The van der Waals surface area contributed by atoms with Crippen LogP contribution in [0.5, 0.6) is 0 Å². The molecule has 0 aliphatic carbocycles. The van der Waals surface area contributed by atoms with E-state index < -0.39 is 0 Å². The van der Waals surface area contributed by atoms with Gasteiger partial charge in [-0.2, -0.15) is 0 Å². The molecule has 1 aromatic heterocycles. The minimum absolute atomic E-state index is 0.104. The van der Waals surface area contributed by atoms with Gasteiger partial charge in [0.15, 0.2) is 5.82 Å². The maximum Gasteiger partial charge on any atom is 0.234 e. The van der Waals surface area contributed by atoms with Crippen molar-refractivity contribution >= 4 is 29.0 Å². The Kier molecular flexibility index (Phi) is 5.86. The molecule has 1 amide bonds. The van der Waals surface area contributed by atoms with E-state index in [2.05, 4.69) is 22.4 Å². The average Bonchev–Trinajstić information content (AvgIpc) is 2.87. The highest BCUT2D eigenvalue weighted by atomic mass is 32.2. The van der Waals surface area contributed by atoms with E-state index in [1.54, 1.807) is 0 Å². The molecule has 124 valence electrons. The van der Waals surface area contributed by atoms with Crippen LogP contribution in [-0.4, -0.2) is 40.6 Å². The third-order valence-electron chi connectivity index (χ3n) is 3.21. The zero-order valence-corrected chi connectivity index (χ0v) is 14.4. The molecule has 1 heterocycles. The first kappa shape index (κ1) is 17.1. The second-order valence-electron chi connectivity index (χ2n) is 5.30. The molecular formula is C15H22N6OS. The molecule has 0 unspecified atom stereocenters. The van der Waals surface area contributed by atoms with Gasteiger partial charge in [0.1, 0.15) is 0 Å². The number of benzene rings is 1. The van der Waals surface area contributed by atoms with Crippen LogP contribution in [0.1, 0.15) is 19.2 Å². The van der Waals surface area contributed by atoms with Gasteiger partial charge in [-0.1, -0.05) is 18.7 Å². The lowest BCUT2D eigenvalue weighted by Gasteiger charge is -2.13. The van der Waals surface area contributed by atoms with Crippen molar-refractivity contribution in [1.29, 1.82) is 0 Å². The topological polar surface area (TPSA) is 89.1 Å². The number of nitrogens with one attached hydrogen (secondary N) is 1. The summed E-state index contributed by atoms with van der Waals surface area (Å²) in [6.45, 7) is 2.05. The number of hydrogen-bond acceptors (Lipinski definition) is 6. The number of nitrogens with zero attached hydrogens (tertiary/aromatic N) is 4. The highest BCUT2D eigenvalue weighted by Gasteiger charge is 2.11. The van der Waals surface area contributed by atoms with Crippen molar-refractivity contribution < 1.29 is 4.79 Å². The van der Waals surface area contributed by atoms with Crippen molar-refractivity contribution in [3.05, 3.63) is 30.1 Å². The van der Waals surface area contributed by atoms with Gasteiger partial charge in [0.25, 0.3) is 0 Å². The number of carbonyl (C=O) groups is 1. The van der Waals surface area contributed by atoms with Gasteiger partial charge in [-0.25, -0.2) is 4.68 Å². The number of carbonyl (C=O) groups excluding carboxylic acids is 1. The van der Waals surface area contributed by atoms with E-state index in [9.17, 15) is 4.79 Å². The number of aryl methyl sites for hydroxylation is 1. The predicted molar refractivity (Wildman–Crippen MR) is 94.3 cm³/mol.